The summed E-state index contributed by atoms with van der Waals surface area (Å²) in [5.41, 5.74) is -0.0800. The van der Waals surface area contributed by atoms with Crippen LogP contribution in [-0.2, 0) is 0 Å². The van der Waals surface area contributed by atoms with Crippen molar-refractivity contribution in [1.29, 1.82) is 0 Å². The van der Waals surface area contributed by atoms with Gasteiger partial charge < -0.3 is 33.9 Å². The summed E-state index contributed by atoms with van der Waals surface area (Å²) >= 11 is 0. The quantitative estimate of drug-likeness (QED) is 0.150. The number of anilines is 1. The van der Waals surface area contributed by atoms with E-state index < -0.39 is 23.1 Å². The van der Waals surface area contributed by atoms with Gasteiger partial charge in [0.05, 0.1) is 24.6 Å². The molecule has 13 heteroatoms. The molecule has 3 aromatic carbocycles. The Morgan fingerprint density at radius 1 is 0.902 bits per heavy atom. The molecule has 0 spiro atoms. The first kappa shape index (κ1) is 33.8. The fraction of sp³-hybridized carbons (Fsp3) is 0.289. The first-order valence-electron chi connectivity index (χ1n) is 16.8. The number of methoxy groups -OCH3 is 1. The predicted molar refractivity (Wildman–Crippen MR) is 186 cm³/mol. The molecule has 0 unspecified atom stereocenters. The molecule has 1 N–H and O–H groups in total. The summed E-state index contributed by atoms with van der Waals surface area (Å²) < 4.78 is 59.7. The Bertz CT molecular complexity index is 2120. The summed E-state index contributed by atoms with van der Waals surface area (Å²) in [6.45, 7) is 4.36. The predicted octanol–water partition coefficient (Wildman–Crippen LogP) is 6.74. The number of nitrogens with one attached hydrogen (secondary N) is 1. The maximum atomic E-state index is 15.5. The summed E-state index contributed by atoms with van der Waals surface area (Å²) in [7, 11) is 1.32. The van der Waals surface area contributed by atoms with Gasteiger partial charge in [0.15, 0.2) is 23.1 Å². The van der Waals surface area contributed by atoms with Crippen molar-refractivity contribution in [1.82, 2.24) is 14.5 Å². The minimum atomic E-state index is -0.824. The molecule has 2 aliphatic rings. The molecule has 0 radical (unpaired) electrons. The average Bonchev–Trinajstić information content (AvgIpc) is 3.15. The Morgan fingerprint density at radius 2 is 1.69 bits per heavy atom. The number of carbonyl (C=O) groups is 1. The number of aromatic nitrogens is 2. The molecule has 0 atom stereocenters. The van der Waals surface area contributed by atoms with E-state index in [1.807, 2.05) is 0 Å². The maximum absolute atomic E-state index is 15.5. The number of nitrogens with zero attached hydrogens (tertiary/aromatic N) is 3. The first-order valence-corrected chi connectivity index (χ1v) is 16.8. The van der Waals surface area contributed by atoms with Crippen molar-refractivity contribution >= 4 is 22.5 Å². The normalized spacial score (nSPS) is 14.3. The second kappa shape index (κ2) is 15.1. The molecule has 0 bridgehead atoms. The van der Waals surface area contributed by atoms with Crippen molar-refractivity contribution in [2.75, 3.05) is 51.9 Å². The summed E-state index contributed by atoms with van der Waals surface area (Å²) in [4.78, 5) is 33.7. The topological polar surface area (TPSA) is 113 Å². The lowest BCUT2D eigenvalue weighted by Gasteiger charge is -2.26. The van der Waals surface area contributed by atoms with E-state index in [0.29, 0.717) is 53.7 Å². The minimum Gasteiger partial charge on any atom is -0.496 e. The van der Waals surface area contributed by atoms with Crippen molar-refractivity contribution in [3.05, 3.63) is 101 Å². The fourth-order valence-corrected chi connectivity index (χ4v) is 6.30. The van der Waals surface area contributed by atoms with Gasteiger partial charge in [0, 0.05) is 42.4 Å². The lowest BCUT2D eigenvalue weighted by Crippen LogP contribution is -2.31. The van der Waals surface area contributed by atoms with E-state index in [0.717, 1.165) is 32.1 Å². The molecule has 51 heavy (non-hydrogen) atoms. The van der Waals surface area contributed by atoms with Gasteiger partial charge in [0.25, 0.3) is 11.5 Å². The number of fused-ring (bicyclic) bond motifs is 3. The van der Waals surface area contributed by atoms with Crippen LogP contribution in [0.5, 0.6) is 34.5 Å². The number of benzene rings is 3. The lowest BCUT2D eigenvalue weighted by atomic mass is 10.1. The van der Waals surface area contributed by atoms with Crippen molar-refractivity contribution in [3.8, 4) is 40.2 Å². The molecule has 2 aromatic heterocycles. The van der Waals surface area contributed by atoms with E-state index >= 15 is 4.39 Å². The van der Waals surface area contributed by atoms with Crippen LogP contribution in [0.4, 0.5) is 14.5 Å². The number of amides is 1. The van der Waals surface area contributed by atoms with Gasteiger partial charge in [0.1, 0.15) is 36.1 Å². The Balaban J connectivity index is 1.10. The van der Waals surface area contributed by atoms with Gasteiger partial charge in [-0.1, -0.05) is 6.42 Å². The number of hydrogen-bond donors (Lipinski definition) is 1. The van der Waals surface area contributed by atoms with Gasteiger partial charge in [0.2, 0.25) is 5.75 Å². The van der Waals surface area contributed by atoms with Crippen LogP contribution in [0, 0.1) is 11.6 Å². The zero-order chi connectivity index (χ0) is 35.3. The summed E-state index contributed by atoms with van der Waals surface area (Å²) in [6, 6.07) is 13.9. The number of halogens is 2. The highest BCUT2D eigenvalue weighted by Gasteiger charge is 2.26. The van der Waals surface area contributed by atoms with Crippen molar-refractivity contribution in [3.63, 3.8) is 0 Å². The molecule has 2 aliphatic heterocycles. The van der Waals surface area contributed by atoms with E-state index in [2.05, 4.69) is 15.2 Å². The van der Waals surface area contributed by atoms with Crippen LogP contribution in [0.25, 0.3) is 16.6 Å². The second-order valence-corrected chi connectivity index (χ2v) is 12.1. The van der Waals surface area contributed by atoms with Crippen LogP contribution in [-0.4, -0.2) is 66.9 Å². The molecule has 0 aliphatic carbocycles. The van der Waals surface area contributed by atoms with Crippen LogP contribution in [0.15, 0.2) is 77.9 Å². The Morgan fingerprint density at radius 3 is 2.45 bits per heavy atom. The number of piperidine rings is 1. The highest BCUT2D eigenvalue weighted by atomic mass is 19.1. The third-order valence-electron chi connectivity index (χ3n) is 8.78. The first-order chi connectivity index (χ1) is 24.9. The van der Waals surface area contributed by atoms with Crippen LogP contribution in [0.1, 0.15) is 36.0 Å². The van der Waals surface area contributed by atoms with Gasteiger partial charge >= 0.3 is 0 Å². The SMILES string of the molecule is COc1ccn(-c2ccc(F)cc2)c(=O)c1C(=O)Nc1ccc(Oc2ccnc3cc(OCCCN4CCCCC4)c4c(c23)OCCO4)c(F)c1. The largest absolute Gasteiger partial charge is 0.496 e. The van der Waals surface area contributed by atoms with E-state index in [1.54, 1.807) is 18.3 Å². The Labute approximate surface area is 292 Å². The highest BCUT2D eigenvalue weighted by molar-refractivity contribution is 6.06. The fourth-order valence-electron chi connectivity index (χ4n) is 6.30. The van der Waals surface area contributed by atoms with Gasteiger partial charge in [-0.25, -0.2) is 8.78 Å². The molecule has 1 saturated heterocycles. The van der Waals surface area contributed by atoms with Gasteiger partial charge in [-0.15, -0.1) is 0 Å². The van der Waals surface area contributed by atoms with Gasteiger partial charge in [-0.3, -0.25) is 19.1 Å². The van der Waals surface area contributed by atoms with Crippen molar-refractivity contribution in [2.24, 2.45) is 0 Å². The van der Waals surface area contributed by atoms with Crippen LogP contribution < -0.4 is 34.6 Å². The highest BCUT2D eigenvalue weighted by Crippen LogP contribution is 2.48. The molecular formula is C38H36F2N4O7. The zero-order valence-electron chi connectivity index (χ0n) is 28.0. The van der Waals surface area contributed by atoms with Gasteiger partial charge in [-0.05, 0) is 80.9 Å². The monoisotopic (exact) mass is 698 g/mol. The van der Waals surface area contributed by atoms with Crippen LogP contribution in [0.3, 0.4) is 0 Å². The number of likely N-dealkylation sites (tertiary alicyclic amines) is 1. The Kier molecular flexibility index (Phi) is 9.97. The number of pyridine rings is 2. The lowest BCUT2D eigenvalue weighted by molar-refractivity contribution is 0.102. The van der Waals surface area contributed by atoms with Crippen LogP contribution in [0.2, 0.25) is 0 Å². The Hall–Kier alpha value is -5.69. The second-order valence-electron chi connectivity index (χ2n) is 12.1. The standard InChI is InChI=1S/C38H36F2N4O7/c1-47-30-13-18-44(26-9-6-24(39)7-10-26)38(46)34(30)37(45)42-25-8-11-29(27(40)22-25)51-31-12-14-41-28-23-32(35-36(33(28)31)50-21-20-49-35)48-19-5-17-43-15-3-2-4-16-43/h6-14,18,22-23H,2-5,15-17,19-21H2,1H3,(H,42,45). The maximum Gasteiger partial charge on any atom is 0.271 e. The van der Waals surface area contributed by atoms with E-state index in [4.69, 9.17) is 23.7 Å². The molecular weight excluding hydrogens is 662 g/mol. The smallest absolute Gasteiger partial charge is 0.271 e. The molecule has 7 rings (SSSR count). The summed E-state index contributed by atoms with van der Waals surface area (Å²) in [6.07, 6.45) is 7.59. The third kappa shape index (κ3) is 7.29. The number of rotatable bonds is 11. The van der Waals surface area contributed by atoms with E-state index in [9.17, 15) is 14.0 Å². The van der Waals surface area contributed by atoms with Crippen molar-refractivity contribution in [2.45, 2.75) is 25.7 Å². The molecule has 5 aromatic rings. The molecule has 4 heterocycles. The van der Waals surface area contributed by atoms with E-state index in [1.165, 1.54) is 79.6 Å². The minimum absolute atomic E-state index is 0.0152. The summed E-state index contributed by atoms with van der Waals surface area (Å²) in [5, 5.41) is 3.06. The van der Waals surface area contributed by atoms with Gasteiger partial charge in [-0.2, -0.15) is 0 Å². The number of carbonyl (C=O) groups excluding carboxylic acids is 1. The summed E-state index contributed by atoms with van der Waals surface area (Å²) in [5.74, 6) is -0.536. The number of hydrogen-bond acceptors (Lipinski definition) is 9. The third-order valence-corrected chi connectivity index (χ3v) is 8.78. The molecule has 1 amide bonds. The van der Waals surface area contributed by atoms with Crippen molar-refractivity contribution < 1.29 is 37.3 Å². The average molecular weight is 699 g/mol. The zero-order valence-corrected chi connectivity index (χ0v) is 28.0. The molecule has 264 valence electrons. The molecule has 11 nitrogen and oxygen atoms in total. The van der Waals surface area contributed by atoms with Crippen LogP contribution >= 0.6 is 0 Å². The molecule has 1 fully saturated rings. The van der Waals surface area contributed by atoms with E-state index in [-0.39, 0.29) is 28.5 Å². The number of ether oxygens (including phenoxy) is 5. The molecule has 0 saturated carbocycles.